The van der Waals surface area contributed by atoms with Crippen LogP contribution in [-0.2, 0) is 11.3 Å². The summed E-state index contributed by atoms with van der Waals surface area (Å²) in [4.78, 5) is 4.60. The van der Waals surface area contributed by atoms with Crippen LogP contribution in [0.5, 0.6) is 0 Å². The lowest BCUT2D eigenvalue weighted by molar-refractivity contribution is 0.0732. The number of aliphatic imine (C=N–C) groups is 1. The maximum atomic E-state index is 12.9. The Hall–Kier alpha value is -1.62. The van der Waals surface area contributed by atoms with E-state index >= 15 is 0 Å². The van der Waals surface area contributed by atoms with Crippen LogP contribution in [0.4, 0.5) is 4.39 Å². The second kappa shape index (κ2) is 8.87. The maximum Gasteiger partial charge on any atom is 0.191 e. The van der Waals surface area contributed by atoms with Crippen molar-refractivity contribution in [2.75, 3.05) is 26.8 Å². The lowest BCUT2D eigenvalue weighted by Crippen LogP contribution is -2.46. The number of rotatable bonds is 8. The topological polar surface area (TPSA) is 45.7 Å². The Morgan fingerprint density at radius 2 is 2.00 bits per heavy atom. The molecule has 0 radical (unpaired) electrons. The number of hydrogen-bond acceptors (Lipinski definition) is 2. The number of methoxy groups -OCH3 is 1. The fourth-order valence-electron chi connectivity index (χ4n) is 2.88. The summed E-state index contributed by atoms with van der Waals surface area (Å²) in [5.41, 5.74) is 1.35. The van der Waals surface area contributed by atoms with Crippen LogP contribution in [0.15, 0.2) is 29.3 Å². The van der Waals surface area contributed by atoms with Gasteiger partial charge in [0.05, 0.1) is 6.54 Å². The molecule has 1 aromatic rings. The first-order valence-electron chi connectivity index (χ1n) is 8.43. The van der Waals surface area contributed by atoms with Crippen LogP contribution in [0.3, 0.4) is 0 Å². The fourth-order valence-corrected chi connectivity index (χ4v) is 2.88. The van der Waals surface area contributed by atoms with Crippen molar-refractivity contribution in [2.24, 2.45) is 10.4 Å². The van der Waals surface area contributed by atoms with Gasteiger partial charge in [0.15, 0.2) is 5.96 Å². The molecule has 0 heterocycles. The molecule has 0 spiro atoms. The molecule has 0 unspecified atom stereocenters. The molecule has 23 heavy (non-hydrogen) atoms. The summed E-state index contributed by atoms with van der Waals surface area (Å²) in [7, 11) is 1.76. The molecule has 1 saturated carbocycles. The summed E-state index contributed by atoms with van der Waals surface area (Å²) in [6, 6.07) is 6.49. The van der Waals surface area contributed by atoms with E-state index in [-0.39, 0.29) is 5.82 Å². The van der Waals surface area contributed by atoms with Crippen molar-refractivity contribution in [3.05, 3.63) is 35.6 Å². The number of ether oxygens (including phenoxy) is 1. The largest absolute Gasteiger partial charge is 0.385 e. The molecule has 4 nitrogen and oxygen atoms in total. The van der Waals surface area contributed by atoms with Gasteiger partial charge < -0.3 is 15.4 Å². The molecule has 0 saturated heterocycles. The molecule has 0 aliphatic heterocycles. The fraction of sp³-hybridized carbons (Fsp3) is 0.611. The summed E-state index contributed by atoms with van der Waals surface area (Å²) in [6.07, 6.45) is 4.89. The minimum absolute atomic E-state index is 0.215. The van der Waals surface area contributed by atoms with Crippen molar-refractivity contribution >= 4 is 5.96 Å². The highest BCUT2D eigenvalue weighted by Crippen LogP contribution is 2.43. The summed E-state index contributed by atoms with van der Waals surface area (Å²) >= 11 is 0. The maximum absolute atomic E-state index is 12.9. The first kappa shape index (κ1) is 17.7. The summed E-state index contributed by atoms with van der Waals surface area (Å²) in [5, 5.41) is 6.74. The highest BCUT2D eigenvalue weighted by Gasteiger charge is 2.36. The molecular weight excluding hydrogens is 293 g/mol. The molecule has 1 fully saturated rings. The smallest absolute Gasteiger partial charge is 0.191 e. The second-order valence-electron chi connectivity index (χ2n) is 6.27. The van der Waals surface area contributed by atoms with E-state index in [2.05, 4.69) is 22.5 Å². The third kappa shape index (κ3) is 5.50. The average Bonchev–Trinajstić information content (AvgIpc) is 2.52. The monoisotopic (exact) mass is 321 g/mol. The van der Waals surface area contributed by atoms with Gasteiger partial charge in [-0.3, -0.25) is 0 Å². The third-order valence-corrected chi connectivity index (χ3v) is 4.56. The van der Waals surface area contributed by atoms with Crippen LogP contribution in [0.2, 0.25) is 0 Å². The summed E-state index contributed by atoms with van der Waals surface area (Å²) < 4.78 is 18.2. The summed E-state index contributed by atoms with van der Waals surface area (Å²) in [5.74, 6) is 0.605. The van der Waals surface area contributed by atoms with Crippen LogP contribution in [-0.4, -0.2) is 32.8 Å². The third-order valence-electron chi connectivity index (χ3n) is 4.56. The van der Waals surface area contributed by atoms with E-state index in [1.54, 1.807) is 19.2 Å². The molecule has 0 bridgehead atoms. The van der Waals surface area contributed by atoms with E-state index < -0.39 is 0 Å². The zero-order valence-electron chi connectivity index (χ0n) is 14.2. The first-order valence-corrected chi connectivity index (χ1v) is 8.43. The van der Waals surface area contributed by atoms with E-state index in [1.165, 1.54) is 31.4 Å². The van der Waals surface area contributed by atoms with E-state index in [9.17, 15) is 4.39 Å². The molecule has 5 heteroatoms. The number of benzene rings is 1. The number of nitrogens with zero attached hydrogens (tertiary/aromatic N) is 1. The zero-order valence-corrected chi connectivity index (χ0v) is 14.2. The highest BCUT2D eigenvalue weighted by atomic mass is 19.1. The van der Waals surface area contributed by atoms with E-state index in [4.69, 9.17) is 4.74 Å². The van der Waals surface area contributed by atoms with E-state index in [0.29, 0.717) is 12.0 Å². The minimum atomic E-state index is -0.215. The molecular formula is C18H28FN3O. The molecule has 0 atom stereocenters. The standard InChI is InChI=1S/C18H28FN3O/c1-3-20-17(21-13-15-5-7-16(19)8-6-15)22-14-18(9-4-10-18)11-12-23-2/h5-8H,3-4,9-14H2,1-2H3,(H2,20,21,22). The van der Waals surface area contributed by atoms with Gasteiger partial charge in [0, 0.05) is 26.8 Å². The Morgan fingerprint density at radius 3 is 2.57 bits per heavy atom. The average molecular weight is 321 g/mol. The van der Waals surface area contributed by atoms with Gasteiger partial charge in [-0.1, -0.05) is 18.6 Å². The predicted octanol–water partition coefficient (Wildman–Crippen LogP) is 3.09. The molecule has 0 aromatic heterocycles. The Kier molecular flexibility index (Phi) is 6.84. The Bertz CT molecular complexity index is 497. The normalized spacial score (nSPS) is 16.7. The van der Waals surface area contributed by atoms with Crippen LogP contribution in [0.25, 0.3) is 0 Å². The van der Waals surface area contributed by atoms with Crippen molar-refractivity contribution in [2.45, 2.75) is 39.2 Å². The van der Waals surface area contributed by atoms with Crippen molar-refractivity contribution < 1.29 is 9.13 Å². The van der Waals surface area contributed by atoms with Crippen LogP contribution < -0.4 is 10.6 Å². The number of nitrogens with one attached hydrogen (secondary N) is 2. The van der Waals surface area contributed by atoms with Gasteiger partial charge in [-0.2, -0.15) is 0 Å². The van der Waals surface area contributed by atoms with Gasteiger partial charge in [-0.15, -0.1) is 0 Å². The second-order valence-corrected chi connectivity index (χ2v) is 6.27. The Morgan fingerprint density at radius 1 is 1.26 bits per heavy atom. The van der Waals surface area contributed by atoms with Gasteiger partial charge >= 0.3 is 0 Å². The number of hydrogen-bond donors (Lipinski definition) is 2. The Balaban J connectivity index is 1.89. The van der Waals surface area contributed by atoms with Crippen LogP contribution >= 0.6 is 0 Å². The molecule has 1 aliphatic rings. The van der Waals surface area contributed by atoms with Crippen LogP contribution in [0.1, 0.15) is 38.2 Å². The van der Waals surface area contributed by atoms with Gasteiger partial charge in [-0.25, -0.2) is 9.38 Å². The van der Waals surface area contributed by atoms with Gasteiger partial charge in [0.25, 0.3) is 0 Å². The van der Waals surface area contributed by atoms with Gasteiger partial charge in [-0.05, 0) is 49.3 Å². The predicted molar refractivity (Wildman–Crippen MR) is 92.0 cm³/mol. The lowest BCUT2D eigenvalue weighted by Gasteiger charge is -2.42. The minimum Gasteiger partial charge on any atom is -0.385 e. The first-order chi connectivity index (χ1) is 11.2. The lowest BCUT2D eigenvalue weighted by atomic mass is 9.67. The molecule has 0 amide bonds. The number of halogens is 1. The molecule has 2 rings (SSSR count). The number of guanidine groups is 1. The molecule has 1 aromatic carbocycles. The van der Waals surface area contributed by atoms with Crippen LogP contribution in [0, 0.1) is 11.2 Å². The molecule has 2 N–H and O–H groups in total. The van der Waals surface area contributed by atoms with E-state index in [1.807, 2.05) is 0 Å². The summed E-state index contributed by atoms with van der Waals surface area (Å²) in [6.45, 7) is 5.15. The van der Waals surface area contributed by atoms with Crippen molar-refractivity contribution in [3.8, 4) is 0 Å². The van der Waals surface area contributed by atoms with E-state index in [0.717, 1.165) is 37.6 Å². The molecule has 128 valence electrons. The zero-order chi connectivity index (χ0) is 16.5. The van der Waals surface area contributed by atoms with Gasteiger partial charge in [0.2, 0.25) is 0 Å². The van der Waals surface area contributed by atoms with Crippen molar-refractivity contribution in [1.82, 2.24) is 10.6 Å². The van der Waals surface area contributed by atoms with Gasteiger partial charge in [0.1, 0.15) is 5.82 Å². The Labute approximate surface area is 138 Å². The quantitative estimate of drug-likeness (QED) is 0.571. The highest BCUT2D eigenvalue weighted by molar-refractivity contribution is 5.79. The SMILES string of the molecule is CCNC(=NCc1ccc(F)cc1)NCC1(CCOC)CCC1. The van der Waals surface area contributed by atoms with Crippen molar-refractivity contribution in [3.63, 3.8) is 0 Å². The van der Waals surface area contributed by atoms with Crippen molar-refractivity contribution in [1.29, 1.82) is 0 Å². The molecule has 1 aliphatic carbocycles.